The van der Waals surface area contributed by atoms with E-state index in [-0.39, 0.29) is 19.0 Å². The second-order valence-electron chi connectivity index (χ2n) is 7.87. The maximum absolute atomic E-state index is 12.5. The summed E-state index contributed by atoms with van der Waals surface area (Å²) in [6.45, 7) is 3.97. The Morgan fingerprint density at radius 3 is 2.72 bits per heavy atom. The molecule has 0 aliphatic carbocycles. The summed E-state index contributed by atoms with van der Waals surface area (Å²) in [5, 5.41) is 6.11. The van der Waals surface area contributed by atoms with Crippen LogP contribution in [-0.4, -0.2) is 45.0 Å². The number of benzene rings is 1. The summed E-state index contributed by atoms with van der Waals surface area (Å²) in [6.07, 6.45) is 9.22. The Morgan fingerprint density at radius 2 is 1.97 bits per heavy atom. The summed E-state index contributed by atoms with van der Waals surface area (Å²) >= 11 is 0. The van der Waals surface area contributed by atoms with E-state index in [1.165, 1.54) is 32.1 Å². The average molecular weight is 406 g/mol. The Kier molecular flexibility index (Phi) is 7.86. The van der Waals surface area contributed by atoms with Crippen LogP contribution >= 0.6 is 0 Å². The van der Waals surface area contributed by atoms with Gasteiger partial charge in [-0.1, -0.05) is 45.4 Å². The van der Waals surface area contributed by atoms with E-state index in [0.717, 1.165) is 36.9 Å². The topological polar surface area (TPSA) is 72.1 Å². The fourth-order valence-electron chi connectivity index (χ4n) is 4.07. The molecule has 3 rings (SSSR count). The molecule has 1 aromatic rings. The number of likely N-dealkylation sites (N-methyl/N-ethyl adjacent to an activating group) is 1. The normalized spacial score (nSPS) is 17.7. The van der Waals surface area contributed by atoms with Crippen LogP contribution in [0, 0.1) is 0 Å². The van der Waals surface area contributed by atoms with Crippen LogP contribution in [0.2, 0.25) is 0 Å². The summed E-state index contributed by atoms with van der Waals surface area (Å²) in [6, 6.07) is 1.86. The van der Waals surface area contributed by atoms with Gasteiger partial charge in [-0.25, -0.2) is 4.79 Å². The molecule has 0 bridgehead atoms. The van der Waals surface area contributed by atoms with Crippen molar-refractivity contribution in [2.45, 2.75) is 64.5 Å². The van der Waals surface area contributed by atoms with Gasteiger partial charge in [-0.2, -0.15) is 0 Å². The monoisotopic (exact) mass is 405 g/mol. The largest absolute Gasteiger partial charge is 0.492 e. The third-order valence-electron chi connectivity index (χ3n) is 5.73. The average Bonchev–Trinajstić information content (AvgIpc) is 3.18. The molecule has 1 aromatic carbocycles. The van der Waals surface area contributed by atoms with Crippen molar-refractivity contribution in [1.82, 2.24) is 15.5 Å². The fraction of sp³-hybridized carbons (Fsp3) is 0.682. The molecule has 0 saturated carbocycles. The van der Waals surface area contributed by atoms with Crippen LogP contribution in [0.5, 0.6) is 17.2 Å². The van der Waals surface area contributed by atoms with Gasteiger partial charge in [-0.3, -0.25) is 4.90 Å². The number of nitrogens with zero attached hydrogens (tertiary/aromatic N) is 1. The van der Waals surface area contributed by atoms with E-state index in [1.807, 2.05) is 13.1 Å². The van der Waals surface area contributed by atoms with Gasteiger partial charge >= 0.3 is 6.03 Å². The zero-order valence-corrected chi connectivity index (χ0v) is 18.0. The summed E-state index contributed by atoms with van der Waals surface area (Å²) in [5.74, 6) is 1.99. The molecule has 0 aromatic heterocycles. The molecule has 162 valence electrons. The third kappa shape index (κ3) is 5.26. The van der Waals surface area contributed by atoms with Crippen LogP contribution in [0.15, 0.2) is 6.07 Å². The van der Waals surface area contributed by atoms with Crippen LogP contribution < -0.4 is 24.8 Å². The van der Waals surface area contributed by atoms with E-state index in [4.69, 9.17) is 14.2 Å². The zero-order valence-electron chi connectivity index (χ0n) is 18.0. The molecule has 0 unspecified atom stereocenters. The Labute approximate surface area is 174 Å². The van der Waals surface area contributed by atoms with Crippen molar-refractivity contribution < 1.29 is 19.0 Å². The highest BCUT2D eigenvalue weighted by Crippen LogP contribution is 2.48. The van der Waals surface area contributed by atoms with E-state index >= 15 is 0 Å². The number of hydrogen-bond donors (Lipinski definition) is 2. The third-order valence-corrected chi connectivity index (χ3v) is 5.73. The van der Waals surface area contributed by atoms with Gasteiger partial charge < -0.3 is 24.8 Å². The van der Waals surface area contributed by atoms with E-state index in [9.17, 15) is 4.79 Å². The lowest BCUT2D eigenvalue weighted by molar-refractivity contribution is 0.169. The molecule has 7 heteroatoms. The number of rotatable bonds is 10. The predicted octanol–water partition coefficient (Wildman–Crippen LogP) is 3.96. The van der Waals surface area contributed by atoms with Gasteiger partial charge in [0.05, 0.1) is 7.11 Å². The number of amides is 2. The van der Waals surface area contributed by atoms with Gasteiger partial charge in [0.25, 0.3) is 0 Å². The maximum atomic E-state index is 12.5. The lowest BCUT2D eigenvalue weighted by Crippen LogP contribution is -2.47. The molecule has 0 spiro atoms. The molecule has 0 radical (unpaired) electrons. The lowest BCUT2D eigenvalue weighted by Gasteiger charge is -2.36. The second kappa shape index (κ2) is 10.6. The highest BCUT2D eigenvalue weighted by atomic mass is 16.7. The Bertz CT molecular complexity index is 695. The maximum Gasteiger partial charge on any atom is 0.316 e. The van der Waals surface area contributed by atoms with Crippen molar-refractivity contribution in [1.29, 1.82) is 0 Å². The molecule has 0 fully saturated rings. The smallest absolute Gasteiger partial charge is 0.316 e. The molecule has 2 amide bonds. The fourth-order valence-corrected chi connectivity index (χ4v) is 4.07. The first-order valence-electron chi connectivity index (χ1n) is 10.9. The predicted molar refractivity (Wildman–Crippen MR) is 113 cm³/mol. The number of ether oxygens (including phenoxy) is 3. The number of carbonyl (C=O) groups is 1. The standard InChI is InChI=1S/C22H35N3O4/c1-4-5-6-7-8-9-10-12-23-22(26)24-21-18-16(11-13-25(21)2)14-17-19(20(18)27-3)29-15-28-17/h14,21H,4-13,15H2,1-3H3,(H2,23,24,26)/t21-/m1/s1. The van der Waals surface area contributed by atoms with Gasteiger partial charge in [0.1, 0.15) is 6.17 Å². The van der Waals surface area contributed by atoms with Crippen molar-refractivity contribution in [2.24, 2.45) is 0 Å². The minimum Gasteiger partial charge on any atom is -0.492 e. The minimum atomic E-state index is -0.266. The van der Waals surface area contributed by atoms with E-state index in [2.05, 4.69) is 22.5 Å². The first-order valence-corrected chi connectivity index (χ1v) is 10.9. The van der Waals surface area contributed by atoms with Gasteiger partial charge in [-0.15, -0.1) is 0 Å². The number of hydrogen-bond acceptors (Lipinski definition) is 5. The number of fused-ring (bicyclic) bond motifs is 2. The number of methoxy groups -OCH3 is 1. The minimum absolute atomic E-state index is 0.152. The van der Waals surface area contributed by atoms with Crippen molar-refractivity contribution in [3.63, 3.8) is 0 Å². The Morgan fingerprint density at radius 1 is 1.21 bits per heavy atom. The molecule has 2 N–H and O–H groups in total. The van der Waals surface area contributed by atoms with E-state index < -0.39 is 0 Å². The lowest BCUT2D eigenvalue weighted by atomic mass is 9.95. The van der Waals surface area contributed by atoms with Crippen molar-refractivity contribution >= 4 is 6.03 Å². The van der Waals surface area contributed by atoms with Crippen molar-refractivity contribution in [3.05, 3.63) is 17.2 Å². The molecule has 7 nitrogen and oxygen atoms in total. The zero-order chi connectivity index (χ0) is 20.6. The van der Waals surface area contributed by atoms with Crippen LogP contribution in [0.3, 0.4) is 0 Å². The van der Waals surface area contributed by atoms with Crippen molar-refractivity contribution in [2.75, 3.05) is 34.0 Å². The first-order chi connectivity index (χ1) is 14.2. The highest BCUT2D eigenvalue weighted by Gasteiger charge is 2.34. The molecular formula is C22H35N3O4. The summed E-state index contributed by atoms with van der Waals surface area (Å²) < 4.78 is 16.8. The van der Waals surface area contributed by atoms with Crippen LogP contribution in [0.4, 0.5) is 4.79 Å². The number of urea groups is 1. The number of nitrogens with one attached hydrogen (secondary N) is 2. The van der Waals surface area contributed by atoms with Crippen LogP contribution in [0.1, 0.15) is 69.2 Å². The number of carbonyl (C=O) groups excluding carboxylic acids is 1. The van der Waals surface area contributed by atoms with Gasteiger partial charge in [0.2, 0.25) is 12.5 Å². The molecule has 1 atom stereocenters. The molecule has 2 heterocycles. The van der Waals surface area contributed by atoms with Crippen LogP contribution in [-0.2, 0) is 6.42 Å². The molecule has 29 heavy (non-hydrogen) atoms. The summed E-state index contributed by atoms with van der Waals surface area (Å²) in [5.41, 5.74) is 2.08. The summed E-state index contributed by atoms with van der Waals surface area (Å²) in [7, 11) is 3.64. The van der Waals surface area contributed by atoms with E-state index in [0.29, 0.717) is 23.8 Å². The first kappa shape index (κ1) is 21.6. The Balaban J connectivity index is 1.55. The van der Waals surface area contributed by atoms with Gasteiger partial charge in [0.15, 0.2) is 11.5 Å². The van der Waals surface area contributed by atoms with Gasteiger partial charge in [0, 0.05) is 18.7 Å². The second-order valence-corrected chi connectivity index (χ2v) is 7.87. The van der Waals surface area contributed by atoms with E-state index in [1.54, 1.807) is 7.11 Å². The Hall–Kier alpha value is -2.15. The van der Waals surface area contributed by atoms with Gasteiger partial charge in [-0.05, 0) is 31.5 Å². The quantitative estimate of drug-likeness (QED) is 0.577. The van der Waals surface area contributed by atoms with Crippen LogP contribution in [0.25, 0.3) is 0 Å². The molecule has 0 saturated heterocycles. The van der Waals surface area contributed by atoms with Crippen molar-refractivity contribution in [3.8, 4) is 17.2 Å². The SMILES string of the molecule is CCCCCCCCCNC(=O)N[C@H]1c2c(cc3c(c2OC)OCO3)CCN1C. The molecule has 2 aliphatic heterocycles. The molecular weight excluding hydrogens is 370 g/mol. The summed E-state index contributed by atoms with van der Waals surface area (Å²) in [4.78, 5) is 14.7. The number of unbranched alkanes of at least 4 members (excludes halogenated alkanes) is 6. The highest BCUT2D eigenvalue weighted by molar-refractivity contribution is 5.75. The molecule has 2 aliphatic rings.